The first kappa shape index (κ1) is 17.3. The van der Waals surface area contributed by atoms with Crippen molar-refractivity contribution < 1.29 is 4.74 Å². The van der Waals surface area contributed by atoms with Crippen molar-refractivity contribution in [3.8, 4) is 0 Å². The van der Waals surface area contributed by atoms with Crippen LogP contribution in [0, 0.1) is 6.92 Å². The monoisotopic (exact) mass is 379 g/mol. The minimum Gasteiger partial charge on any atom is -0.381 e. The Labute approximate surface area is 163 Å². The van der Waals surface area contributed by atoms with E-state index in [0.717, 1.165) is 54.2 Å². The van der Waals surface area contributed by atoms with Crippen LogP contribution < -0.4 is 16.1 Å². The summed E-state index contributed by atoms with van der Waals surface area (Å²) < 4.78 is 5.49. The van der Waals surface area contributed by atoms with E-state index in [0.29, 0.717) is 12.0 Å². The van der Waals surface area contributed by atoms with Crippen LogP contribution in [0.4, 0.5) is 5.69 Å². The second kappa shape index (κ2) is 6.65. The molecule has 1 aromatic carbocycles. The number of H-pyrrole nitrogens is 1. The Morgan fingerprint density at radius 2 is 2.14 bits per heavy atom. The molecule has 1 atom stereocenters. The van der Waals surface area contributed by atoms with Crippen LogP contribution in [0.5, 0.6) is 0 Å². The van der Waals surface area contributed by atoms with Crippen LogP contribution in [0.15, 0.2) is 47.2 Å². The van der Waals surface area contributed by atoms with Crippen LogP contribution in [0.2, 0.25) is 0 Å². The number of nitrogens with one attached hydrogen (secondary N) is 4. The van der Waals surface area contributed by atoms with E-state index in [1.165, 1.54) is 0 Å². The normalized spacial score (nSPS) is 24.7. The van der Waals surface area contributed by atoms with Gasteiger partial charge in [0.15, 0.2) is 5.82 Å². The molecule has 4 N–H and O–H groups in total. The number of guanidine groups is 1. The van der Waals surface area contributed by atoms with E-state index in [1.807, 2.05) is 25.1 Å². The van der Waals surface area contributed by atoms with Crippen LogP contribution in [0.3, 0.4) is 0 Å². The SMILES string of the molecule is Cc1[nH]nc2cc(NC3=NC4=CC=CC(C)(NC5CCOCC5)N4N3)ccc12. The lowest BCUT2D eigenvalue weighted by Gasteiger charge is -2.43. The van der Waals surface area contributed by atoms with Crippen molar-refractivity contribution in [2.45, 2.75) is 38.4 Å². The highest BCUT2D eigenvalue weighted by Crippen LogP contribution is 2.28. The number of hydrazine groups is 1. The number of hydrogen-bond donors (Lipinski definition) is 4. The van der Waals surface area contributed by atoms with E-state index >= 15 is 0 Å². The second-order valence-electron chi connectivity index (χ2n) is 7.68. The van der Waals surface area contributed by atoms with Gasteiger partial charge in [-0.2, -0.15) is 10.1 Å². The number of aryl methyl sites for hydroxylation is 1. The number of nitrogens with zero attached hydrogens (tertiary/aromatic N) is 3. The Kier molecular flexibility index (Phi) is 4.10. The molecule has 1 fully saturated rings. The molecule has 8 heteroatoms. The summed E-state index contributed by atoms with van der Waals surface area (Å²) in [6.45, 7) is 5.81. The zero-order valence-corrected chi connectivity index (χ0v) is 16.1. The summed E-state index contributed by atoms with van der Waals surface area (Å²) in [6.07, 6.45) is 8.27. The van der Waals surface area contributed by atoms with Gasteiger partial charge in [-0.15, -0.1) is 0 Å². The fraction of sp³-hybridized carbons (Fsp3) is 0.400. The van der Waals surface area contributed by atoms with Crippen molar-refractivity contribution in [3.63, 3.8) is 0 Å². The van der Waals surface area contributed by atoms with Crippen LogP contribution >= 0.6 is 0 Å². The molecule has 8 nitrogen and oxygen atoms in total. The highest BCUT2D eigenvalue weighted by Gasteiger charge is 2.38. The molecule has 1 unspecified atom stereocenters. The lowest BCUT2D eigenvalue weighted by Crippen LogP contribution is -2.63. The molecule has 4 heterocycles. The van der Waals surface area contributed by atoms with Crippen molar-refractivity contribution in [1.29, 1.82) is 0 Å². The largest absolute Gasteiger partial charge is 0.381 e. The Morgan fingerprint density at radius 3 is 3.00 bits per heavy atom. The summed E-state index contributed by atoms with van der Waals surface area (Å²) in [7, 11) is 0. The van der Waals surface area contributed by atoms with Crippen molar-refractivity contribution in [1.82, 2.24) is 25.9 Å². The Balaban J connectivity index is 1.32. The summed E-state index contributed by atoms with van der Waals surface area (Å²) in [4.78, 5) is 4.72. The third-order valence-electron chi connectivity index (χ3n) is 5.53. The van der Waals surface area contributed by atoms with Crippen LogP contribution in [0.25, 0.3) is 10.9 Å². The van der Waals surface area contributed by atoms with Crippen molar-refractivity contribution in [3.05, 3.63) is 47.9 Å². The number of benzene rings is 1. The van der Waals surface area contributed by atoms with Crippen LogP contribution in [0.1, 0.15) is 25.5 Å². The number of ether oxygens (including phenoxy) is 1. The van der Waals surface area contributed by atoms with Crippen molar-refractivity contribution in [2.24, 2.45) is 4.99 Å². The number of rotatable bonds is 3. The van der Waals surface area contributed by atoms with Gasteiger partial charge in [0, 0.05) is 36.0 Å². The first-order valence-electron chi connectivity index (χ1n) is 9.73. The summed E-state index contributed by atoms with van der Waals surface area (Å²) >= 11 is 0. The Morgan fingerprint density at radius 1 is 1.29 bits per heavy atom. The quantitative estimate of drug-likeness (QED) is 0.655. The molecule has 0 aliphatic carbocycles. The molecule has 0 spiro atoms. The number of fused-ring (bicyclic) bond motifs is 2. The summed E-state index contributed by atoms with van der Waals surface area (Å²) in [6, 6.07) is 6.55. The fourth-order valence-electron chi connectivity index (χ4n) is 4.00. The maximum atomic E-state index is 5.49. The van der Waals surface area contributed by atoms with Gasteiger partial charge < -0.3 is 10.1 Å². The zero-order valence-electron chi connectivity index (χ0n) is 16.1. The molecular formula is C20H25N7O. The standard InChI is InChI=1S/C20H25N7O/c1-13-16-6-5-15(12-17(16)25-24-13)21-19-22-18-4-3-9-20(2,27(18)26-19)23-14-7-10-28-11-8-14/h3-6,9,12,14,23H,7-8,10-11H2,1-2H3,(H,24,25)(H2,21,22,26). The van der Waals surface area contributed by atoms with Gasteiger partial charge in [-0.3, -0.25) is 15.8 Å². The van der Waals surface area contributed by atoms with E-state index in [4.69, 9.17) is 9.73 Å². The second-order valence-corrected chi connectivity index (χ2v) is 7.68. The van der Waals surface area contributed by atoms with Gasteiger partial charge in [0.05, 0.1) is 5.52 Å². The maximum absolute atomic E-state index is 5.49. The summed E-state index contributed by atoms with van der Waals surface area (Å²) in [5.74, 6) is 1.57. The van der Waals surface area contributed by atoms with Gasteiger partial charge in [0.25, 0.3) is 0 Å². The van der Waals surface area contributed by atoms with E-state index in [2.05, 4.69) is 56.4 Å². The molecular weight excluding hydrogens is 354 g/mol. The fourth-order valence-corrected chi connectivity index (χ4v) is 4.00. The van der Waals surface area contributed by atoms with Gasteiger partial charge >= 0.3 is 0 Å². The van der Waals surface area contributed by atoms with E-state index in [9.17, 15) is 0 Å². The van der Waals surface area contributed by atoms with E-state index in [-0.39, 0.29) is 5.66 Å². The molecule has 0 amide bonds. The summed E-state index contributed by atoms with van der Waals surface area (Å²) in [5, 5.41) is 17.7. The first-order chi connectivity index (χ1) is 13.6. The minimum absolute atomic E-state index is 0.359. The highest BCUT2D eigenvalue weighted by atomic mass is 16.5. The van der Waals surface area contributed by atoms with E-state index < -0.39 is 0 Å². The zero-order chi connectivity index (χ0) is 19.1. The Hall–Kier alpha value is -2.84. The third kappa shape index (κ3) is 3.04. The number of allylic oxidation sites excluding steroid dienone is 2. The predicted octanol–water partition coefficient (Wildman–Crippen LogP) is 2.36. The molecule has 5 rings (SSSR count). The van der Waals surface area contributed by atoms with Gasteiger partial charge in [0.1, 0.15) is 5.66 Å². The van der Waals surface area contributed by atoms with Gasteiger partial charge in [-0.05, 0) is 57.0 Å². The van der Waals surface area contributed by atoms with E-state index in [1.54, 1.807) is 0 Å². The average Bonchev–Trinajstić information content (AvgIpc) is 3.27. The third-order valence-corrected chi connectivity index (χ3v) is 5.53. The molecule has 1 aromatic heterocycles. The molecule has 1 saturated heterocycles. The van der Waals surface area contributed by atoms with Gasteiger partial charge in [-0.25, -0.2) is 5.01 Å². The van der Waals surface area contributed by atoms with Crippen molar-refractivity contribution in [2.75, 3.05) is 18.5 Å². The molecule has 146 valence electrons. The number of hydrogen-bond acceptors (Lipinski definition) is 7. The number of anilines is 1. The first-order valence-corrected chi connectivity index (χ1v) is 9.73. The number of aliphatic imine (C=N–C) groups is 1. The lowest BCUT2D eigenvalue weighted by molar-refractivity contribution is 0.0478. The molecule has 3 aliphatic rings. The number of aromatic amines is 1. The smallest absolute Gasteiger partial charge is 0.221 e. The molecule has 28 heavy (non-hydrogen) atoms. The maximum Gasteiger partial charge on any atom is 0.221 e. The molecule has 0 saturated carbocycles. The average molecular weight is 379 g/mol. The van der Waals surface area contributed by atoms with Gasteiger partial charge in [-0.1, -0.05) is 6.08 Å². The molecule has 0 bridgehead atoms. The predicted molar refractivity (Wildman–Crippen MR) is 109 cm³/mol. The number of aromatic nitrogens is 2. The van der Waals surface area contributed by atoms with Crippen molar-refractivity contribution >= 4 is 22.5 Å². The minimum atomic E-state index is -0.359. The topological polar surface area (TPSA) is 89.6 Å². The van der Waals surface area contributed by atoms with Crippen LogP contribution in [-0.2, 0) is 4.74 Å². The lowest BCUT2D eigenvalue weighted by atomic mass is 10.0. The molecule has 3 aliphatic heterocycles. The van der Waals surface area contributed by atoms with Gasteiger partial charge in [0.2, 0.25) is 5.96 Å². The highest BCUT2D eigenvalue weighted by molar-refractivity contribution is 5.97. The molecule has 2 aromatic rings. The Bertz CT molecular complexity index is 986. The van der Waals surface area contributed by atoms with Crippen LogP contribution in [-0.4, -0.2) is 46.1 Å². The molecule has 0 radical (unpaired) electrons. The summed E-state index contributed by atoms with van der Waals surface area (Å²) in [5.41, 5.74) is 6.00.